The molecule has 0 saturated carbocycles. The van der Waals surface area contributed by atoms with Gasteiger partial charge >= 0.3 is 11.9 Å². The van der Waals surface area contributed by atoms with E-state index >= 15 is 0 Å². The minimum Gasteiger partial charge on any atom is -0.619 e. The molecule has 0 spiro atoms. The Kier molecular flexibility index (Phi) is 11.8. The van der Waals surface area contributed by atoms with Crippen LogP contribution in [0.4, 0.5) is 0 Å². The maximum atomic E-state index is 13.6. The lowest BCUT2D eigenvalue weighted by atomic mass is 9.85. The van der Waals surface area contributed by atoms with Crippen molar-refractivity contribution in [1.82, 2.24) is 10.2 Å². The summed E-state index contributed by atoms with van der Waals surface area (Å²) in [5.41, 5.74) is 1.98. The largest absolute Gasteiger partial charge is 0.619 e. The quantitative estimate of drug-likeness (QED) is 0.0898. The van der Waals surface area contributed by atoms with Gasteiger partial charge < -0.3 is 29.5 Å². The maximum absolute atomic E-state index is 13.6. The Morgan fingerprint density at radius 3 is 2.36 bits per heavy atom. The van der Waals surface area contributed by atoms with Gasteiger partial charge in [-0.1, -0.05) is 59.6 Å². The summed E-state index contributed by atoms with van der Waals surface area (Å²) < 4.78 is 23.6. The molecule has 3 fully saturated rings. The number of carbonyl (C=O) groups excluding carboxylic acids is 2. The molecular formula is C37H39Cl2N3O7S. The number of methoxy groups -OCH3 is 2. The Hall–Kier alpha value is -3.87. The normalized spacial score (nSPS) is 19.4. The second-order valence-electron chi connectivity index (χ2n) is 12.5. The maximum Gasteiger partial charge on any atom is 0.348 e. The first-order chi connectivity index (χ1) is 24.2. The van der Waals surface area contributed by atoms with Gasteiger partial charge in [-0.2, -0.15) is 4.73 Å². The average Bonchev–Trinajstić information content (AvgIpc) is 3.61. The van der Waals surface area contributed by atoms with Crippen LogP contribution in [0.3, 0.4) is 0 Å². The van der Waals surface area contributed by atoms with Gasteiger partial charge in [0.25, 0.3) is 0 Å². The summed E-state index contributed by atoms with van der Waals surface area (Å²) in [5, 5.41) is 15.6. The van der Waals surface area contributed by atoms with Gasteiger partial charge in [-0.25, -0.2) is 4.79 Å². The smallest absolute Gasteiger partial charge is 0.348 e. The molecule has 3 atom stereocenters. The average molecular weight is 741 g/mol. The van der Waals surface area contributed by atoms with Crippen LogP contribution < -0.4 is 19.5 Å². The summed E-state index contributed by atoms with van der Waals surface area (Å²) in [4.78, 5) is 30.7. The van der Waals surface area contributed by atoms with Gasteiger partial charge in [-0.3, -0.25) is 9.69 Å². The number of nitrogens with zero attached hydrogens (tertiary/aromatic N) is 2. The molecule has 3 saturated heterocycles. The number of thiophene rings is 1. The molecule has 0 aliphatic carbocycles. The molecule has 0 radical (unpaired) electrons. The lowest BCUT2D eigenvalue weighted by Crippen LogP contribution is -2.52. The topological polar surface area (TPSA) is 113 Å². The lowest BCUT2D eigenvalue weighted by Gasteiger charge is -2.44. The first-order valence-electron chi connectivity index (χ1n) is 16.5. The standard InChI is InChI=1S/C37H39Cl2N3O7S/c1-46-31-10-8-25(16-33(31)47-2)32(17-27-29(38)20-42(45)21-30(27)39)48-37(44)35-11-9-26(50-35)18-40-19-28(23-6-4-3-5-7-23)36(43)49-34-22-41-14-12-24(34)13-15-41/h3-11,16,20-21,24,28,32,34,40H,12-15,17-19,22H2,1-2H3/t28-,32+,34+/m1/s1. The van der Waals surface area contributed by atoms with Crippen molar-refractivity contribution in [3.05, 3.63) is 115 Å². The highest BCUT2D eigenvalue weighted by Crippen LogP contribution is 2.36. The summed E-state index contributed by atoms with van der Waals surface area (Å²) >= 11 is 14.1. The number of hydrogen-bond donors (Lipinski definition) is 1. The molecule has 1 N–H and O–H groups in total. The van der Waals surface area contributed by atoms with E-state index in [-0.39, 0.29) is 28.5 Å². The number of aromatic nitrogens is 1. The number of fused-ring (bicyclic) bond motifs is 3. The third-order valence-corrected chi connectivity index (χ3v) is 11.1. The van der Waals surface area contributed by atoms with E-state index < -0.39 is 18.0 Å². The van der Waals surface area contributed by atoms with Crippen LogP contribution in [0, 0.1) is 11.1 Å². The number of ether oxygens (including phenoxy) is 4. The number of nitrogens with one attached hydrogen (secondary N) is 1. The summed E-state index contributed by atoms with van der Waals surface area (Å²) in [6.45, 7) is 3.78. The number of hydrogen-bond acceptors (Lipinski definition) is 10. The minimum atomic E-state index is -0.822. The molecule has 10 nitrogen and oxygen atoms in total. The molecular weight excluding hydrogens is 701 g/mol. The van der Waals surface area contributed by atoms with Gasteiger partial charge in [0.2, 0.25) is 0 Å². The third kappa shape index (κ3) is 8.52. The minimum absolute atomic E-state index is 0.0677. The van der Waals surface area contributed by atoms with Crippen LogP contribution in [-0.2, 0) is 27.2 Å². The van der Waals surface area contributed by atoms with Crippen LogP contribution in [0.5, 0.6) is 11.5 Å². The summed E-state index contributed by atoms with van der Waals surface area (Å²) in [6, 6.07) is 18.5. The monoisotopic (exact) mass is 739 g/mol. The molecule has 7 rings (SSSR count). The molecule has 2 aromatic carbocycles. The number of halogens is 2. The highest BCUT2D eigenvalue weighted by molar-refractivity contribution is 7.13. The molecule has 2 aromatic heterocycles. The fourth-order valence-electron chi connectivity index (χ4n) is 6.60. The Balaban J connectivity index is 1.13. The first kappa shape index (κ1) is 35.9. The summed E-state index contributed by atoms with van der Waals surface area (Å²) in [6.07, 6.45) is 3.76. The molecule has 3 aliphatic heterocycles. The molecule has 4 aromatic rings. The van der Waals surface area contributed by atoms with Crippen molar-refractivity contribution in [2.75, 3.05) is 40.4 Å². The van der Waals surface area contributed by atoms with E-state index in [0.717, 1.165) is 42.9 Å². The van der Waals surface area contributed by atoms with E-state index in [2.05, 4.69) is 10.2 Å². The van der Waals surface area contributed by atoms with E-state index in [9.17, 15) is 14.8 Å². The van der Waals surface area contributed by atoms with Crippen LogP contribution in [-0.4, -0.2) is 63.3 Å². The van der Waals surface area contributed by atoms with Gasteiger partial charge in [-0.05, 0) is 67.2 Å². The van der Waals surface area contributed by atoms with Crippen LogP contribution in [0.25, 0.3) is 0 Å². The fourth-order valence-corrected chi connectivity index (χ4v) is 8.06. The van der Waals surface area contributed by atoms with Crippen molar-refractivity contribution < 1.29 is 33.3 Å². The van der Waals surface area contributed by atoms with Crippen LogP contribution in [0.15, 0.2) is 73.1 Å². The lowest BCUT2D eigenvalue weighted by molar-refractivity contribution is -0.605. The highest BCUT2D eigenvalue weighted by atomic mass is 35.5. The van der Waals surface area contributed by atoms with Crippen molar-refractivity contribution in [2.24, 2.45) is 5.92 Å². The Labute approximate surface area is 305 Å². The van der Waals surface area contributed by atoms with Crippen molar-refractivity contribution in [3.8, 4) is 11.5 Å². The predicted octanol–water partition coefficient (Wildman–Crippen LogP) is 6.36. The van der Waals surface area contributed by atoms with Crippen molar-refractivity contribution in [3.63, 3.8) is 0 Å². The number of piperidine rings is 3. The van der Waals surface area contributed by atoms with Crippen LogP contribution >= 0.6 is 34.5 Å². The van der Waals surface area contributed by atoms with E-state index in [1.807, 2.05) is 36.4 Å². The second-order valence-corrected chi connectivity index (χ2v) is 14.5. The molecule has 264 valence electrons. The summed E-state index contributed by atoms with van der Waals surface area (Å²) in [7, 11) is 3.05. The molecule has 2 bridgehead atoms. The molecule has 50 heavy (non-hydrogen) atoms. The van der Waals surface area contributed by atoms with Gasteiger partial charge in [-0.15, -0.1) is 11.3 Å². The number of pyridine rings is 1. The highest BCUT2D eigenvalue weighted by Gasteiger charge is 2.38. The number of carbonyl (C=O) groups is 2. The first-order valence-corrected chi connectivity index (χ1v) is 18.1. The van der Waals surface area contributed by atoms with E-state index in [1.165, 1.54) is 38.0 Å². The van der Waals surface area contributed by atoms with E-state index in [1.54, 1.807) is 24.3 Å². The van der Waals surface area contributed by atoms with Gasteiger partial charge in [0, 0.05) is 36.5 Å². The molecule has 3 aliphatic rings. The summed E-state index contributed by atoms with van der Waals surface area (Å²) in [5.74, 6) is 0.178. The van der Waals surface area contributed by atoms with E-state index in [0.29, 0.717) is 51.2 Å². The van der Waals surface area contributed by atoms with Gasteiger partial charge in [0.05, 0.1) is 20.1 Å². The molecule has 13 heteroatoms. The Morgan fingerprint density at radius 1 is 0.980 bits per heavy atom. The predicted molar refractivity (Wildman–Crippen MR) is 191 cm³/mol. The van der Waals surface area contributed by atoms with Gasteiger partial charge in [0.1, 0.15) is 27.1 Å². The van der Waals surface area contributed by atoms with Crippen LogP contribution in [0.2, 0.25) is 10.0 Å². The Bertz CT molecular complexity index is 1780. The zero-order chi connectivity index (χ0) is 35.2. The number of benzene rings is 2. The molecule has 5 heterocycles. The SMILES string of the molecule is COc1ccc([C@H](Cc2c(Cl)c[n+]([O-])cc2Cl)OC(=O)c2ccc(CNC[C@@H](C(=O)O[C@H]3CN4CCC3CC4)c3ccccc3)s2)cc1OC. The molecule has 0 amide bonds. The second kappa shape index (κ2) is 16.4. The van der Waals surface area contributed by atoms with Crippen LogP contribution in [0.1, 0.15) is 56.1 Å². The number of rotatable bonds is 14. The van der Waals surface area contributed by atoms with Crippen molar-refractivity contribution >= 4 is 46.5 Å². The van der Waals surface area contributed by atoms with E-state index in [4.69, 9.17) is 42.1 Å². The third-order valence-electron chi connectivity index (χ3n) is 9.34. The zero-order valence-electron chi connectivity index (χ0n) is 27.8. The fraction of sp³-hybridized carbons (Fsp3) is 0.378. The zero-order valence-corrected chi connectivity index (χ0v) is 30.1. The molecule has 0 unspecified atom stereocenters. The Morgan fingerprint density at radius 2 is 1.70 bits per heavy atom. The number of esters is 2. The van der Waals surface area contributed by atoms with Crippen molar-refractivity contribution in [1.29, 1.82) is 0 Å². The van der Waals surface area contributed by atoms with Crippen molar-refractivity contribution in [2.45, 2.75) is 43.9 Å². The van der Waals surface area contributed by atoms with Gasteiger partial charge in [0.15, 0.2) is 23.9 Å².